The maximum atomic E-state index is 8.90. The van der Waals surface area contributed by atoms with Gasteiger partial charge in [-0.25, -0.2) is 10.8 Å². The van der Waals surface area contributed by atoms with Crippen LogP contribution in [0.5, 0.6) is 0 Å². The number of aliphatic imine (C=N–C) groups is 1. The summed E-state index contributed by atoms with van der Waals surface area (Å²) in [5, 5.41) is 8.90. The second-order valence-electron chi connectivity index (χ2n) is 2.65. The highest BCUT2D eigenvalue weighted by Gasteiger charge is 2.19. The zero-order valence-corrected chi connectivity index (χ0v) is 6.96. The Kier molecular flexibility index (Phi) is 3.84. The van der Waals surface area contributed by atoms with Gasteiger partial charge in [0.2, 0.25) is 5.96 Å². The molecule has 0 aliphatic carbocycles. The molecule has 0 saturated heterocycles. The van der Waals surface area contributed by atoms with Crippen LogP contribution in [-0.4, -0.2) is 23.2 Å². The second kappa shape index (κ2) is 4.15. The van der Waals surface area contributed by atoms with Crippen molar-refractivity contribution in [3.63, 3.8) is 0 Å². The summed E-state index contributed by atoms with van der Waals surface area (Å²) in [5.74, 6) is 5.14. The highest BCUT2D eigenvalue weighted by molar-refractivity contribution is 5.77. The summed E-state index contributed by atoms with van der Waals surface area (Å²) >= 11 is 0. The maximum Gasteiger partial charge on any atom is 0.203 e. The van der Waals surface area contributed by atoms with E-state index in [1.54, 1.807) is 6.92 Å². The lowest BCUT2D eigenvalue weighted by molar-refractivity contribution is 0.206. The summed E-state index contributed by atoms with van der Waals surface area (Å²) in [6, 6.07) is 0. The van der Waals surface area contributed by atoms with E-state index >= 15 is 0 Å². The SMILES string of the molecule is CCC(C)(CO)N=C(N)NN. The first-order chi connectivity index (χ1) is 5.08. The molecule has 0 aromatic carbocycles. The summed E-state index contributed by atoms with van der Waals surface area (Å²) in [6.07, 6.45) is 0.714. The standard InChI is InChI=1S/C6H16N4O/c1-3-6(2,4-11)9-5(7)10-8/h11H,3-4,8H2,1-2H3,(H3,7,9,10). The molecule has 11 heavy (non-hydrogen) atoms. The molecule has 0 saturated carbocycles. The van der Waals surface area contributed by atoms with Gasteiger partial charge in [0.25, 0.3) is 0 Å². The third-order valence-corrected chi connectivity index (χ3v) is 1.64. The quantitative estimate of drug-likeness (QED) is 0.183. The number of guanidine groups is 1. The van der Waals surface area contributed by atoms with E-state index in [2.05, 4.69) is 10.4 Å². The average molecular weight is 160 g/mol. The Labute approximate surface area is 66.5 Å². The number of hydrogen-bond acceptors (Lipinski definition) is 3. The zero-order chi connectivity index (χ0) is 8.91. The molecule has 0 fully saturated rings. The topological polar surface area (TPSA) is 96.7 Å². The van der Waals surface area contributed by atoms with Crippen molar-refractivity contribution in [1.29, 1.82) is 0 Å². The lowest BCUT2D eigenvalue weighted by Crippen LogP contribution is -2.41. The van der Waals surface area contributed by atoms with Crippen LogP contribution in [0.4, 0.5) is 0 Å². The van der Waals surface area contributed by atoms with Crippen molar-refractivity contribution < 1.29 is 5.11 Å². The lowest BCUT2D eigenvalue weighted by atomic mass is 10.0. The average Bonchev–Trinajstić information content (AvgIpc) is 2.04. The van der Waals surface area contributed by atoms with Crippen molar-refractivity contribution in [1.82, 2.24) is 5.43 Å². The van der Waals surface area contributed by atoms with E-state index in [0.717, 1.165) is 0 Å². The van der Waals surface area contributed by atoms with Crippen LogP contribution in [0.2, 0.25) is 0 Å². The van der Waals surface area contributed by atoms with Crippen molar-refractivity contribution in [2.45, 2.75) is 25.8 Å². The predicted octanol–water partition coefficient (Wildman–Crippen LogP) is -1.07. The third kappa shape index (κ3) is 3.20. The van der Waals surface area contributed by atoms with E-state index in [9.17, 15) is 0 Å². The second-order valence-corrected chi connectivity index (χ2v) is 2.65. The molecule has 6 N–H and O–H groups in total. The molecule has 0 amide bonds. The molecule has 0 heterocycles. The molecule has 0 aliphatic rings. The summed E-state index contributed by atoms with van der Waals surface area (Å²) in [7, 11) is 0. The summed E-state index contributed by atoms with van der Waals surface area (Å²) < 4.78 is 0. The summed E-state index contributed by atoms with van der Waals surface area (Å²) in [5.41, 5.74) is 7.00. The maximum absolute atomic E-state index is 8.90. The number of nitrogens with one attached hydrogen (secondary N) is 1. The van der Waals surface area contributed by atoms with E-state index in [4.69, 9.17) is 16.7 Å². The van der Waals surface area contributed by atoms with Gasteiger partial charge in [0, 0.05) is 0 Å². The minimum atomic E-state index is -0.517. The predicted molar refractivity (Wildman–Crippen MR) is 44.7 cm³/mol. The Bertz CT molecular complexity index is 142. The van der Waals surface area contributed by atoms with Crippen molar-refractivity contribution in [2.75, 3.05) is 6.61 Å². The Morgan fingerprint density at radius 1 is 1.73 bits per heavy atom. The van der Waals surface area contributed by atoms with Gasteiger partial charge in [-0.05, 0) is 13.3 Å². The first-order valence-corrected chi connectivity index (χ1v) is 3.51. The highest BCUT2D eigenvalue weighted by atomic mass is 16.3. The van der Waals surface area contributed by atoms with Crippen LogP contribution < -0.4 is 17.0 Å². The molecule has 5 heteroatoms. The number of nitrogens with zero attached hydrogens (tertiary/aromatic N) is 1. The fourth-order valence-corrected chi connectivity index (χ4v) is 0.549. The molecule has 5 nitrogen and oxygen atoms in total. The van der Waals surface area contributed by atoms with Gasteiger partial charge in [-0.2, -0.15) is 0 Å². The molecule has 0 radical (unpaired) electrons. The first kappa shape index (κ1) is 10.2. The fraction of sp³-hybridized carbons (Fsp3) is 0.833. The van der Waals surface area contributed by atoms with Crippen molar-refractivity contribution >= 4 is 5.96 Å². The number of rotatable bonds is 3. The lowest BCUT2D eigenvalue weighted by Gasteiger charge is -2.20. The van der Waals surface area contributed by atoms with Crippen LogP contribution in [0, 0.1) is 0 Å². The molecule has 0 spiro atoms. The van der Waals surface area contributed by atoms with Crippen LogP contribution >= 0.6 is 0 Å². The van der Waals surface area contributed by atoms with E-state index < -0.39 is 5.54 Å². The van der Waals surface area contributed by atoms with Gasteiger partial charge in [-0.15, -0.1) is 0 Å². The molecule has 0 aromatic heterocycles. The van der Waals surface area contributed by atoms with Gasteiger partial charge >= 0.3 is 0 Å². The number of aliphatic hydroxyl groups excluding tert-OH is 1. The van der Waals surface area contributed by atoms with Gasteiger partial charge in [-0.1, -0.05) is 6.92 Å². The summed E-state index contributed by atoms with van der Waals surface area (Å²) in [6.45, 7) is 3.69. The number of hydrogen-bond donors (Lipinski definition) is 4. The highest BCUT2D eigenvalue weighted by Crippen LogP contribution is 2.12. The van der Waals surface area contributed by atoms with Crippen molar-refractivity contribution in [2.24, 2.45) is 16.6 Å². The zero-order valence-electron chi connectivity index (χ0n) is 6.96. The molecule has 0 rings (SSSR count). The monoisotopic (exact) mass is 160 g/mol. The van der Waals surface area contributed by atoms with Gasteiger partial charge in [0.1, 0.15) is 0 Å². The van der Waals surface area contributed by atoms with Crippen LogP contribution in [0.3, 0.4) is 0 Å². The number of nitrogens with two attached hydrogens (primary N) is 2. The fourth-order valence-electron chi connectivity index (χ4n) is 0.549. The molecule has 1 atom stereocenters. The molecule has 0 aromatic rings. The largest absolute Gasteiger partial charge is 0.394 e. The number of hydrazine groups is 1. The van der Waals surface area contributed by atoms with Gasteiger partial charge in [0.15, 0.2) is 0 Å². The Morgan fingerprint density at radius 3 is 2.55 bits per heavy atom. The normalized spacial score (nSPS) is 17.6. The van der Waals surface area contributed by atoms with Crippen LogP contribution in [0.15, 0.2) is 4.99 Å². The van der Waals surface area contributed by atoms with Crippen LogP contribution in [0.25, 0.3) is 0 Å². The molecular formula is C6H16N4O. The van der Waals surface area contributed by atoms with Gasteiger partial charge in [0.05, 0.1) is 12.1 Å². The van der Waals surface area contributed by atoms with Crippen LogP contribution in [-0.2, 0) is 0 Å². The molecular weight excluding hydrogens is 144 g/mol. The minimum Gasteiger partial charge on any atom is -0.394 e. The van der Waals surface area contributed by atoms with E-state index in [0.29, 0.717) is 6.42 Å². The first-order valence-electron chi connectivity index (χ1n) is 3.51. The molecule has 0 bridgehead atoms. The van der Waals surface area contributed by atoms with Crippen molar-refractivity contribution in [3.8, 4) is 0 Å². The summed E-state index contributed by atoms with van der Waals surface area (Å²) in [4.78, 5) is 3.97. The minimum absolute atomic E-state index is 0.0358. The molecule has 1 unspecified atom stereocenters. The van der Waals surface area contributed by atoms with Gasteiger partial charge < -0.3 is 10.8 Å². The Hall–Kier alpha value is -0.810. The van der Waals surface area contributed by atoms with Crippen molar-refractivity contribution in [3.05, 3.63) is 0 Å². The van der Waals surface area contributed by atoms with Crippen LogP contribution in [0.1, 0.15) is 20.3 Å². The van der Waals surface area contributed by atoms with E-state index in [-0.39, 0.29) is 12.6 Å². The third-order valence-electron chi connectivity index (χ3n) is 1.64. The molecule has 66 valence electrons. The van der Waals surface area contributed by atoms with Gasteiger partial charge in [-0.3, -0.25) is 5.43 Å². The van der Waals surface area contributed by atoms with E-state index in [1.165, 1.54) is 0 Å². The Balaban J connectivity index is 4.27. The number of aliphatic hydroxyl groups is 1. The van der Waals surface area contributed by atoms with E-state index in [1.807, 2.05) is 6.92 Å². The smallest absolute Gasteiger partial charge is 0.203 e. The molecule has 0 aliphatic heterocycles. The Morgan fingerprint density at radius 2 is 2.27 bits per heavy atom.